The molecule has 0 aromatic heterocycles. The Balaban J connectivity index is 1.23. The number of carbonyl (C=O) groups excluding carboxylic acids is 5. The second kappa shape index (κ2) is 14.5. The summed E-state index contributed by atoms with van der Waals surface area (Å²) >= 11 is 8.35. The lowest BCUT2D eigenvalue weighted by atomic mass is 9.83. The number of alkyl carbamates (subject to hydrolysis) is 1. The molecule has 5 aliphatic rings. The van der Waals surface area contributed by atoms with E-state index in [0.717, 1.165) is 30.4 Å². The molecule has 5 amide bonds. The van der Waals surface area contributed by atoms with Gasteiger partial charge in [-0.1, -0.05) is 65.6 Å². The molecule has 14 nitrogen and oxygen atoms in total. The van der Waals surface area contributed by atoms with Crippen molar-refractivity contribution in [1.82, 2.24) is 25.2 Å². The molecule has 1 saturated heterocycles. The first-order chi connectivity index (χ1) is 24.0. The smallest absolute Gasteiger partial charge is 0.410 e. The number of likely N-dealkylation sites (tertiary alicyclic amines) is 1. The summed E-state index contributed by atoms with van der Waals surface area (Å²) in [6.07, 6.45) is 2.88. The molecule has 3 aliphatic carbocycles. The molecular formula is C34H45ClIN5O9S. The monoisotopic (exact) mass is 861 g/mol. The van der Waals surface area contributed by atoms with Crippen molar-refractivity contribution >= 4 is 74.1 Å². The Morgan fingerprint density at radius 1 is 1.04 bits per heavy atom. The Labute approximate surface area is 316 Å². The van der Waals surface area contributed by atoms with Crippen molar-refractivity contribution in [3.8, 4) is 0 Å². The van der Waals surface area contributed by atoms with Crippen LogP contribution in [0, 0.1) is 5.92 Å². The van der Waals surface area contributed by atoms with Gasteiger partial charge in [-0.3, -0.25) is 24.0 Å². The lowest BCUT2D eigenvalue weighted by Crippen LogP contribution is -2.59. The fraction of sp³-hybridized carbons (Fsp3) is 0.676. The molecule has 17 heteroatoms. The molecule has 0 radical (unpaired) electrons. The van der Waals surface area contributed by atoms with Crippen LogP contribution in [0.5, 0.6) is 0 Å². The number of halogens is 2. The van der Waals surface area contributed by atoms with Gasteiger partial charge in [0, 0.05) is 21.9 Å². The Morgan fingerprint density at radius 3 is 2.33 bits per heavy atom. The number of nitrogens with one attached hydrogen (secondary N) is 3. The molecule has 2 aliphatic heterocycles. The third kappa shape index (κ3) is 8.53. The van der Waals surface area contributed by atoms with Crippen LogP contribution < -0.4 is 15.4 Å². The van der Waals surface area contributed by atoms with Gasteiger partial charge in [0.15, 0.2) is 0 Å². The van der Waals surface area contributed by atoms with Gasteiger partial charge in [0.1, 0.15) is 29.3 Å². The second-order valence-corrected chi connectivity index (χ2v) is 19.2. The summed E-state index contributed by atoms with van der Waals surface area (Å²) in [5, 5.41) is 5.46. The molecule has 4 fully saturated rings. The summed E-state index contributed by atoms with van der Waals surface area (Å²) in [7, 11) is -3.87. The molecule has 6 rings (SSSR count). The normalized spacial score (nSPS) is 26.9. The number of rotatable bonds is 9. The third-order valence-electron chi connectivity index (χ3n) is 10.2. The van der Waals surface area contributed by atoms with Gasteiger partial charge in [0.05, 0.1) is 18.3 Å². The lowest BCUT2D eigenvalue weighted by Gasteiger charge is -2.35. The summed E-state index contributed by atoms with van der Waals surface area (Å²) in [5.41, 5.74) is -0.582. The zero-order chi connectivity index (χ0) is 36.9. The molecule has 5 atom stereocenters. The number of ether oxygens (including phenoxy) is 2. The number of carbonyl (C=O) groups is 5. The van der Waals surface area contributed by atoms with Crippen molar-refractivity contribution in [2.24, 2.45) is 5.92 Å². The van der Waals surface area contributed by atoms with E-state index in [0.29, 0.717) is 30.7 Å². The van der Waals surface area contributed by atoms with Crippen LogP contribution in [0.4, 0.5) is 9.59 Å². The van der Waals surface area contributed by atoms with Gasteiger partial charge >= 0.3 is 12.2 Å². The van der Waals surface area contributed by atoms with Gasteiger partial charge in [0.2, 0.25) is 21.8 Å². The van der Waals surface area contributed by atoms with E-state index in [1.807, 2.05) is 34.7 Å². The zero-order valence-electron chi connectivity index (χ0n) is 28.9. The number of alkyl halides is 1. The number of hydrogen-bond donors (Lipinski definition) is 3. The van der Waals surface area contributed by atoms with E-state index in [-0.39, 0.29) is 42.3 Å². The minimum absolute atomic E-state index is 0.0708. The molecule has 280 valence electrons. The van der Waals surface area contributed by atoms with E-state index >= 15 is 0 Å². The maximum Gasteiger partial charge on any atom is 0.410 e. The van der Waals surface area contributed by atoms with Gasteiger partial charge in [-0.05, 0) is 76.0 Å². The van der Waals surface area contributed by atoms with Crippen molar-refractivity contribution < 1.29 is 41.9 Å². The van der Waals surface area contributed by atoms with E-state index in [1.54, 1.807) is 26.8 Å². The highest BCUT2D eigenvalue weighted by molar-refractivity contribution is 14.1. The van der Waals surface area contributed by atoms with Crippen LogP contribution in [0.1, 0.15) is 89.7 Å². The summed E-state index contributed by atoms with van der Waals surface area (Å²) < 4.78 is 38.4. The minimum atomic E-state index is -3.87. The number of benzene rings is 1. The SMILES string of the molecule is CC(C)(C)OC(=O)N[C@H](C(=O)N1C[C@H](OC(=O)N2Cc3cccc(Cl)c3C2)C[C@H]1C(=O)N[C@]1(C(=O)NS(=O)(=O)C2CC2)C[C@H]1I)C1CCCCC1. The molecule has 2 heterocycles. The number of nitrogens with zero attached hydrogens (tertiary/aromatic N) is 2. The first-order valence-electron chi connectivity index (χ1n) is 17.5. The van der Waals surface area contributed by atoms with Crippen LogP contribution in [0.25, 0.3) is 0 Å². The van der Waals surface area contributed by atoms with Crippen molar-refractivity contribution in [3.63, 3.8) is 0 Å². The molecular weight excluding hydrogens is 817 g/mol. The predicted octanol–water partition coefficient (Wildman–Crippen LogP) is 3.91. The van der Waals surface area contributed by atoms with E-state index in [2.05, 4.69) is 15.4 Å². The van der Waals surface area contributed by atoms with Gasteiger partial charge in [0.25, 0.3) is 5.91 Å². The molecule has 51 heavy (non-hydrogen) atoms. The maximum atomic E-state index is 14.5. The highest BCUT2D eigenvalue weighted by atomic mass is 127. The quantitative estimate of drug-likeness (QED) is 0.245. The van der Waals surface area contributed by atoms with Crippen molar-refractivity contribution in [2.45, 2.75) is 130 Å². The topological polar surface area (TPSA) is 181 Å². The standard InChI is InChI=1S/C34H45ClIN5O9S/c1-33(2,3)50-31(45)37-27(19-8-5-4-6-9-19)29(43)41-17-21(49-32(46)40-16-20-10-7-11-24(35)23(20)18-40)14-25(41)28(42)38-34(15-26(34)36)30(44)39-51(47,48)22-12-13-22/h7,10-11,19,21-22,25-27H,4-6,8-9,12-18H2,1-3H3,(H,37,45)(H,38,42)(H,39,44)/t21-,25+,26-,27+,34-/m1/s1. The molecule has 0 unspecified atom stereocenters. The van der Waals surface area contributed by atoms with E-state index in [1.165, 1.54) is 9.80 Å². The van der Waals surface area contributed by atoms with Crippen LogP contribution in [-0.2, 0) is 47.0 Å². The summed E-state index contributed by atoms with van der Waals surface area (Å²) in [4.78, 5) is 71.3. The highest BCUT2D eigenvalue weighted by Crippen LogP contribution is 2.44. The van der Waals surface area contributed by atoms with Crippen LogP contribution in [-0.4, -0.2) is 93.2 Å². The number of fused-ring (bicyclic) bond motifs is 1. The molecule has 0 bridgehead atoms. The second-order valence-electron chi connectivity index (χ2n) is 15.3. The van der Waals surface area contributed by atoms with Gasteiger partial charge in [-0.25, -0.2) is 18.0 Å². The predicted molar refractivity (Wildman–Crippen MR) is 194 cm³/mol. The average molecular weight is 862 g/mol. The van der Waals surface area contributed by atoms with E-state index < -0.39 is 74.5 Å². The van der Waals surface area contributed by atoms with Crippen molar-refractivity contribution in [2.75, 3.05) is 6.54 Å². The fourth-order valence-electron chi connectivity index (χ4n) is 7.19. The molecule has 1 aromatic rings. The first kappa shape index (κ1) is 37.9. The third-order valence-corrected chi connectivity index (χ3v) is 13.9. The van der Waals surface area contributed by atoms with Crippen LogP contribution in [0.3, 0.4) is 0 Å². The zero-order valence-corrected chi connectivity index (χ0v) is 32.6. The van der Waals surface area contributed by atoms with Crippen LogP contribution in [0.15, 0.2) is 18.2 Å². The Hall–Kier alpha value is -2.86. The van der Waals surface area contributed by atoms with Crippen LogP contribution in [0.2, 0.25) is 5.02 Å². The van der Waals surface area contributed by atoms with Crippen molar-refractivity contribution in [1.29, 1.82) is 0 Å². The number of hydrogen-bond acceptors (Lipinski definition) is 9. The molecule has 3 N–H and O–H groups in total. The van der Waals surface area contributed by atoms with Crippen molar-refractivity contribution in [3.05, 3.63) is 34.3 Å². The Kier molecular flexibility index (Phi) is 10.8. The summed E-state index contributed by atoms with van der Waals surface area (Å²) in [6.45, 7) is 5.56. The molecule has 3 saturated carbocycles. The average Bonchev–Trinajstić information content (AvgIpc) is 3.92. The van der Waals surface area contributed by atoms with Gasteiger partial charge in [-0.15, -0.1) is 0 Å². The fourth-order valence-corrected chi connectivity index (χ4v) is 9.94. The molecule has 0 spiro atoms. The van der Waals surface area contributed by atoms with Gasteiger partial charge in [-0.2, -0.15) is 0 Å². The first-order valence-corrected chi connectivity index (χ1v) is 20.7. The lowest BCUT2D eigenvalue weighted by molar-refractivity contribution is -0.142. The molecule has 1 aromatic carbocycles. The van der Waals surface area contributed by atoms with E-state index in [4.69, 9.17) is 21.1 Å². The highest BCUT2D eigenvalue weighted by Gasteiger charge is 2.62. The maximum absolute atomic E-state index is 14.5. The van der Waals surface area contributed by atoms with Gasteiger partial charge < -0.3 is 25.0 Å². The van der Waals surface area contributed by atoms with E-state index in [9.17, 15) is 32.4 Å². The van der Waals surface area contributed by atoms with Crippen LogP contribution >= 0.6 is 34.2 Å². The largest absolute Gasteiger partial charge is 0.444 e. The Bertz CT molecular complexity index is 1700. The Morgan fingerprint density at radius 2 is 1.73 bits per heavy atom. The summed E-state index contributed by atoms with van der Waals surface area (Å²) in [5.74, 6) is -2.24. The summed E-state index contributed by atoms with van der Waals surface area (Å²) in [6, 6.07) is 3.25. The minimum Gasteiger partial charge on any atom is -0.444 e. The number of sulfonamides is 1. The number of amides is 5.